The van der Waals surface area contributed by atoms with Crippen LogP contribution in [0.2, 0.25) is 0 Å². The SMILES string of the molecule is C=CCOC(=O)[C@@H]1[C@H]2C(=O)N([C@H](C)CO)C(C(=O)N(CC=C)C(C)(C)CC(C)(C)C)C23CC(C)[C@@]1(C)O3. The number of aliphatic hydroxyl groups is 1. The third kappa shape index (κ3) is 4.65. The molecule has 2 amide bonds. The highest BCUT2D eigenvalue weighted by atomic mass is 16.6. The summed E-state index contributed by atoms with van der Waals surface area (Å²) in [5.74, 6) is -2.93. The predicted molar refractivity (Wildman–Crippen MR) is 141 cm³/mol. The molecule has 0 aliphatic carbocycles. The molecule has 208 valence electrons. The van der Waals surface area contributed by atoms with Gasteiger partial charge < -0.3 is 24.4 Å². The van der Waals surface area contributed by atoms with Crippen molar-refractivity contribution in [2.45, 2.75) is 97.1 Å². The Bertz CT molecular complexity index is 955. The van der Waals surface area contributed by atoms with Crippen molar-refractivity contribution in [2.75, 3.05) is 19.8 Å². The molecule has 0 radical (unpaired) electrons. The standard InChI is InChI=1S/C29H46N2O6/c1-11-13-30(27(8,9)17-26(5,6)7)24(34)22-29-15-18(3)28(10,37-29)21(25(35)36-14-12-2)20(29)23(33)31(22)19(4)16-32/h11-12,18-22,32H,1-2,13-17H2,3-10H3/t18?,19-,20+,21+,22?,28-,29?/m1/s1. The van der Waals surface area contributed by atoms with E-state index in [1.807, 2.05) is 27.7 Å². The molecule has 3 heterocycles. The fourth-order valence-corrected chi connectivity index (χ4v) is 7.41. The average molecular weight is 519 g/mol. The third-order valence-electron chi connectivity index (χ3n) is 8.59. The summed E-state index contributed by atoms with van der Waals surface area (Å²) in [5.41, 5.74) is -2.75. The van der Waals surface area contributed by atoms with Crippen molar-refractivity contribution >= 4 is 17.8 Å². The topological polar surface area (TPSA) is 96.4 Å². The predicted octanol–water partition coefficient (Wildman–Crippen LogP) is 3.34. The molecular formula is C29H46N2O6. The van der Waals surface area contributed by atoms with Crippen LogP contribution in [0.25, 0.3) is 0 Å². The van der Waals surface area contributed by atoms with Crippen molar-refractivity contribution in [3.63, 3.8) is 0 Å². The summed E-state index contributed by atoms with van der Waals surface area (Å²) < 4.78 is 12.2. The monoisotopic (exact) mass is 518 g/mol. The van der Waals surface area contributed by atoms with E-state index in [4.69, 9.17) is 9.47 Å². The van der Waals surface area contributed by atoms with Crippen LogP contribution in [-0.2, 0) is 23.9 Å². The van der Waals surface area contributed by atoms with Gasteiger partial charge in [-0.1, -0.05) is 46.4 Å². The summed E-state index contributed by atoms with van der Waals surface area (Å²) in [6.45, 7) is 23.5. The largest absolute Gasteiger partial charge is 0.461 e. The van der Waals surface area contributed by atoms with Crippen LogP contribution in [0, 0.1) is 23.2 Å². The smallest absolute Gasteiger partial charge is 0.313 e. The van der Waals surface area contributed by atoms with Crippen molar-refractivity contribution in [3.05, 3.63) is 25.3 Å². The third-order valence-corrected chi connectivity index (χ3v) is 8.59. The van der Waals surface area contributed by atoms with Crippen molar-refractivity contribution in [2.24, 2.45) is 23.2 Å². The summed E-state index contributed by atoms with van der Waals surface area (Å²) in [6, 6.07) is -1.61. The molecule has 0 saturated carbocycles. The summed E-state index contributed by atoms with van der Waals surface area (Å²) in [5, 5.41) is 10.1. The quantitative estimate of drug-likeness (QED) is 0.352. The number of fused-ring (bicyclic) bond motifs is 1. The van der Waals surface area contributed by atoms with E-state index in [0.717, 1.165) is 6.42 Å². The molecule has 3 aliphatic heterocycles. The molecular weight excluding hydrogens is 472 g/mol. The van der Waals surface area contributed by atoms with Gasteiger partial charge in [-0.3, -0.25) is 14.4 Å². The number of amides is 2. The van der Waals surface area contributed by atoms with E-state index < -0.39 is 46.6 Å². The lowest BCUT2D eigenvalue weighted by molar-refractivity contribution is -0.164. The number of esters is 1. The van der Waals surface area contributed by atoms with Crippen LogP contribution in [0.5, 0.6) is 0 Å². The van der Waals surface area contributed by atoms with Crippen LogP contribution in [0.1, 0.15) is 68.2 Å². The van der Waals surface area contributed by atoms with E-state index in [9.17, 15) is 19.5 Å². The van der Waals surface area contributed by atoms with Gasteiger partial charge in [0, 0.05) is 12.1 Å². The van der Waals surface area contributed by atoms with Gasteiger partial charge in [0.2, 0.25) is 11.8 Å². The molecule has 3 saturated heterocycles. The summed E-state index contributed by atoms with van der Waals surface area (Å²) in [7, 11) is 0. The van der Waals surface area contributed by atoms with E-state index in [0.29, 0.717) is 13.0 Å². The zero-order valence-corrected chi connectivity index (χ0v) is 23.9. The number of carbonyl (C=O) groups is 3. The van der Waals surface area contributed by atoms with Gasteiger partial charge in [-0.25, -0.2) is 0 Å². The maximum Gasteiger partial charge on any atom is 0.313 e. The highest BCUT2D eigenvalue weighted by Gasteiger charge is 2.80. The van der Waals surface area contributed by atoms with Crippen LogP contribution in [0.3, 0.4) is 0 Å². The number of hydrogen-bond donors (Lipinski definition) is 1. The van der Waals surface area contributed by atoms with E-state index in [1.54, 1.807) is 17.9 Å². The second-order valence-electron chi connectivity index (χ2n) is 13.2. The number of rotatable bonds is 10. The maximum atomic E-state index is 14.6. The zero-order chi connectivity index (χ0) is 28.1. The number of nitrogens with zero attached hydrogens (tertiary/aromatic N) is 2. The number of ether oxygens (including phenoxy) is 2. The fourth-order valence-electron chi connectivity index (χ4n) is 7.41. The fraction of sp³-hybridized carbons (Fsp3) is 0.759. The summed E-state index contributed by atoms with van der Waals surface area (Å²) >= 11 is 0. The highest BCUT2D eigenvalue weighted by molar-refractivity contribution is 5.99. The van der Waals surface area contributed by atoms with Crippen LogP contribution in [0.15, 0.2) is 25.3 Å². The van der Waals surface area contributed by atoms with Crippen molar-refractivity contribution in [3.8, 4) is 0 Å². The molecule has 0 aromatic rings. The minimum atomic E-state index is -1.19. The molecule has 0 aromatic carbocycles. The van der Waals surface area contributed by atoms with E-state index in [1.165, 1.54) is 11.0 Å². The molecule has 8 heteroatoms. The molecule has 3 aliphatic rings. The first-order chi connectivity index (χ1) is 17.0. The van der Waals surface area contributed by atoms with Gasteiger partial charge in [-0.15, -0.1) is 6.58 Å². The second kappa shape index (κ2) is 9.84. The summed E-state index contributed by atoms with van der Waals surface area (Å²) in [4.78, 5) is 45.3. The normalized spacial score (nSPS) is 33.8. The maximum absolute atomic E-state index is 14.6. The summed E-state index contributed by atoms with van der Waals surface area (Å²) in [6.07, 6.45) is 4.36. The van der Waals surface area contributed by atoms with Gasteiger partial charge in [0.1, 0.15) is 24.2 Å². The lowest BCUT2D eigenvalue weighted by atomic mass is 9.62. The molecule has 0 aromatic heterocycles. The highest BCUT2D eigenvalue weighted by Crippen LogP contribution is 2.65. The Morgan fingerprint density at radius 1 is 1.27 bits per heavy atom. The van der Waals surface area contributed by atoms with Crippen molar-refractivity contribution in [1.29, 1.82) is 0 Å². The van der Waals surface area contributed by atoms with Gasteiger partial charge in [-0.05, 0) is 51.9 Å². The lowest BCUT2D eigenvalue weighted by Crippen LogP contribution is -2.62. The molecule has 8 nitrogen and oxygen atoms in total. The molecule has 3 rings (SSSR count). The lowest BCUT2D eigenvalue weighted by Gasteiger charge is -2.46. The van der Waals surface area contributed by atoms with Crippen LogP contribution in [0.4, 0.5) is 0 Å². The first kappa shape index (κ1) is 29.4. The van der Waals surface area contributed by atoms with Crippen LogP contribution >= 0.6 is 0 Å². The molecule has 1 N–H and O–H groups in total. The number of aliphatic hydroxyl groups excluding tert-OH is 1. The van der Waals surface area contributed by atoms with Gasteiger partial charge in [-0.2, -0.15) is 0 Å². The molecule has 3 fully saturated rings. The van der Waals surface area contributed by atoms with Gasteiger partial charge in [0.25, 0.3) is 0 Å². The van der Waals surface area contributed by atoms with E-state index in [-0.39, 0.29) is 36.4 Å². The molecule has 7 atom stereocenters. The number of hydrogen-bond acceptors (Lipinski definition) is 6. The Balaban J connectivity index is 2.16. The average Bonchev–Trinajstić information content (AvgIpc) is 3.30. The molecule has 37 heavy (non-hydrogen) atoms. The number of carbonyl (C=O) groups excluding carboxylic acids is 3. The van der Waals surface area contributed by atoms with Crippen LogP contribution < -0.4 is 0 Å². The Kier molecular flexibility index (Phi) is 7.81. The first-order valence-corrected chi connectivity index (χ1v) is 13.4. The van der Waals surface area contributed by atoms with Crippen LogP contribution in [-0.4, -0.2) is 81.3 Å². The van der Waals surface area contributed by atoms with Gasteiger partial charge in [0.05, 0.1) is 24.2 Å². The number of likely N-dealkylation sites (tertiary alicyclic amines) is 1. The van der Waals surface area contributed by atoms with E-state index in [2.05, 4.69) is 33.9 Å². The second-order valence-corrected chi connectivity index (χ2v) is 13.2. The first-order valence-electron chi connectivity index (χ1n) is 13.4. The molecule has 3 unspecified atom stereocenters. The van der Waals surface area contributed by atoms with Gasteiger partial charge >= 0.3 is 5.97 Å². The molecule has 2 bridgehead atoms. The van der Waals surface area contributed by atoms with Gasteiger partial charge in [0.15, 0.2) is 0 Å². The van der Waals surface area contributed by atoms with E-state index >= 15 is 0 Å². The Morgan fingerprint density at radius 2 is 1.89 bits per heavy atom. The Hall–Kier alpha value is -2.19. The van der Waals surface area contributed by atoms with Crippen molar-refractivity contribution < 1.29 is 29.0 Å². The Labute approximate surface area is 222 Å². The molecule has 1 spiro atoms. The minimum Gasteiger partial charge on any atom is -0.461 e. The van der Waals surface area contributed by atoms with Crippen molar-refractivity contribution in [1.82, 2.24) is 9.80 Å². The minimum absolute atomic E-state index is 0.0287. The Morgan fingerprint density at radius 3 is 2.41 bits per heavy atom. The zero-order valence-electron chi connectivity index (χ0n) is 23.9.